The van der Waals surface area contributed by atoms with Crippen LogP contribution < -0.4 is 16.8 Å². The average molecular weight is 347 g/mol. The number of nitrogen functional groups attached to an aromatic ring is 1. The van der Waals surface area contributed by atoms with Crippen molar-refractivity contribution in [3.8, 4) is 0 Å². The number of likely N-dealkylation sites (tertiary alicyclic amines) is 1. The van der Waals surface area contributed by atoms with E-state index in [1.165, 1.54) is 11.3 Å². The lowest BCUT2D eigenvalue weighted by molar-refractivity contribution is -0.125. The maximum Gasteiger partial charge on any atom is 0.254 e. The number of carbonyl (C=O) groups is 2. The quantitative estimate of drug-likeness (QED) is 0.765. The number of hydrogen-bond donors (Lipinski definition) is 3. The fourth-order valence-corrected chi connectivity index (χ4v) is 3.68. The van der Waals surface area contributed by atoms with Gasteiger partial charge in [-0.2, -0.15) is 0 Å². The van der Waals surface area contributed by atoms with E-state index in [9.17, 15) is 9.59 Å². The maximum atomic E-state index is 12.9. The number of anilines is 1. The Kier molecular flexibility index (Phi) is 4.42. The summed E-state index contributed by atoms with van der Waals surface area (Å²) in [7, 11) is 0. The van der Waals surface area contributed by atoms with E-state index >= 15 is 0 Å². The molecule has 1 aromatic carbocycles. The van der Waals surface area contributed by atoms with Crippen LogP contribution in [0, 0.1) is 0 Å². The lowest BCUT2D eigenvalue weighted by Gasteiger charge is -2.24. The normalized spacial score (nSPS) is 20.8. The van der Waals surface area contributed by atoms with Crippen molar-refractivity contribution in [3.63, 3.8) is 0 Å². The molecule has 0 unspecified atom stereocenters. The first-order valence-corrected chi connectivity index (χ1v) is 8.70. The first-order chi connectivity index (χ1) is 11.3. The molecule has 0 bridgehead atoms. The van der Waals surface area contributed by atoms with Crippen molar-refractivity contribution >= 4 is 38.5 Å². The molecule has 1 aromatic heterocycles. The highest BCUT2D eigenvalue weighted by atomic mass is 32.1. The monoisotopic (exact) mass is 347 g/mol. The predicted octanol–water partition coefficient (Wildman–Crippen LogP) is 0.945. The molecule has 2 aromatic rings. The summed E-state index contributed by atoms with van der Waals surface area (Å²) in [5.74, 6) is -0.370. The van der Waals surface area contributed by atoms with Gasteiger partial charge < -0.3 is 21.7 Å². The van der Waals surface area contributed by atoms with E-state index in [1.54, 1.807) is 17.0 Å². The first kappa shape index (κ1) is 16.7. The van der Waals surface area contributed by atoms with Gasteiger partial charge in [-0.3, -0.25) is 9.59 Å². The highest BCUT2D eigenvalue weighted by Crippen LogP contribution is 2.26. The minimum Gasteiger partial charge on any atom is -0.375 e. The topological polar surface area (TPSA) is 114 Å². The molecule has 7 nitrogen and oxygen atoms in total. The van der Waals surface area contributed by atoms with Gasteiger partial charge in [0.1, 0.15) is 6.04 Å². The summed E-state index contributed by atoms with van der Waals surface area (Å²) < 4.78 is 0.927. The van der Waals surface area contributed by atoms with Crippen molar-refractivity contribution in [1.82, 2.24) is 15.2 Å². The van der Waals surface area contributed by atoms with Gasteiger partial charge in [-0.25, -0.2) is 4.98 Å². The average Bonchev–Trinajstić information content (AvgIpc) is 3.06. The minimum atomic E-state index is -0.536. The van der Waals surface area contributed by atoms with Crippen LogP contribution in [0.25, 0.3) is 10.2 Å². The van der Waals surface area contributed by atoms with E-state index < -0.39 is 6.04 Å². The number of rotatable bonds is 3. The molecular weight excluding hydrogens is 326 g/mol. The van der Waals surface area contributed by atoms with Crippen LogP contribution in [-0.2, 0) is 4.79 Å². The molecule has 24 heavy (non-hydrogen) atoms. The lowest BCUT2D eigenvalue weighted by atomic mass is 10.1. The highest BCUT2D eigenvalue weighted by Gasteiger charge is 2.38. The van der Waals surface area contributed by atoms with E-state index in [-0.39, 0.29) is 23.9 Å². The molecule has 1 aliphatic rings. The molecule has 0 aliphatic carbocycles. The van der Waals surface area contributed by atoms with Crippen molar-refractivity contribution in [2.24, 2.45) is 5.73 Å². The third kappa shape index (κ3) is 3.20. The van der Waals surface area contributed by atoms with E-state index in [4.69, 9.17) is 11.5 Å². The molecule has 1 saturated heterocycles. The van der Waals surface area contributed by atoms with Crippen molar-refractivity contribution < 1.29 is 9.59 Å². The van der Waals surface area contributed by atoms with Crippen LogP contribution in [0.1, 0.15) is 30.6 Å². The fourth-order valence-electron chi connectivity index (χ4n) is 2.97. The molecule has 2 amide bonds. The van der Waals surface area contributed by atoms with Crippen molar-refractivity contribution in [1.29, 1.82) is 0 Å². The number of aromatic nitrogens is 1. The van der Waals surface area contributed by atoms with E-state index in [1.807, 2.05) is 19.9 Å². The Bertz CT molecular complexity index is 788. The van der Waals surface area contributed by atoms with Crippen LogP contribution in [0.5, 0.6) is 0 Å². The van der Waals surface area contributed by atoms with Crippen LogP contribution in [0.3, 0.4) is 0 Å². The van der Waals surface area contributed by atoms with Gasteiger partial charge in [0.25, 0.3) is 5.91 Å². The van der Waals surface area contributed by atoms with Crippen LogP contribution in [0.2, 0.25) is 0 Å². The smallest absolute Gasteiger partial charge is 0.254 e. The molecule has 128 valence electrons. The molecule has 5 N–H and O–H groups in total. The summed E-state index contributed by atoms with van der Waals surface area (Å²) in [5.41, 5.74) is 12.9. The molecule has 1 fully saturated rings. The number of nitrogens with one attached hydrogen (secondary N) is 1. The molecule has 1 aliphatic heterocycles. The van der Waals surface area contributed by atoms with E-state index in [0.717, 1.165) is 4.70 Å². The lowest BCUT2D eigenvalue weighted by Crippen LogP contribution is -2.47. The van der Waals surface area contributed by atoms with Crippen LogP contribution in [-0.4, -0.2) is 46.4 Å². The predicted molar refractivity (Wildman–Crippen MR) is 94.7 cm³/mol. The third-order valence-corrected chi connectivity index (χ3v) is 4.84. The second kappa shape index (κ2) is 6.37. The van der Waals surface area contributed by atoms with E-state index in [0.29, 0.717) is 29.2 Å². The molecular formula is C16H21N5O2S. The number of carbonyl (C=O) groups excluding carboxylic acids is 2. The molecule has 8 heteroatoms. The Morgan fingerprint density at radius 2 is 2.17 bits per heavy atom. The standard InChI is InChI=1S/C16H21N5O2S/c1-8(2)19-14(22)12-6-10(17)7-21(12)15(23)9-3-4-13-11(5-9)20-16(18)24-13/h3-5,8,10,12H,6-7,17H2,1-2H3,(H2,18,20)(H,19,22)/t10-,12-/m0/s1. The Hall–Kier alpha value is -2.19. The number of thiazole rings is 1. The number of amides is 2. The SMILES string of the molecule is CC(C)NC(=O)[C@@H]1C[C@H](N)CN1C(=O)c1ccc2sc(N)nc2c1. The molecule has 0 radical (unpaired) electrons. The molecule has 3 rings (SSSR count). The Labute approximate surface area is 144 Å². The van der Waals surface area contributed by atoms with Gasteiger partial charge in [0.05, 0.1) is 10.2 Å². The van der Waals surface area contributed by atoms with Gasteiger partial charge in [0.15, 0.2) is 5.13 Å². The van der Waals surface area contributed by atoms with Crippen molar-refractivity contribution in [2.45, 2.75) is 38.4 Å². The summed E-state index contributed by atoms with van der Waals surface area (Å²) in [5, 5.41) is 3.32. The Morgan fingerprint density at radius 1 is 1.42 bits per heavy atom. The summed E-state index contributed by atoms with van der Waals surface area (Å²) >= 11 is 1.38. The van der Waals surface area contributed by atoms with Crippen LogP contribution in [0.15, 0.2) is 18.2 Å². The van der Waals surface area contributed by atoms with Crippen molar-refractivity contribution in [2.75, 3.05) is 12.3 Å². The number of benzene rings is 1. The maximum absolute atomic E-state index is 12.9. The Morgan fingerprint density at radius 3 is 2.88 bits per heavy atom. The van der Waals surface area contributed by atoms with Gasteiger partial charge in [0, 0.05) is 24.2 Å². The highest BCUT2D eigenvalue weighted by molar-refractivity contribution is 7.22. The third-order valence-electron chi connectivity index (χ3n) is 3.98. The molecule has 0 spiro atoms. The zero-order chi connectivity index (χ0) is 17.4. The molecule has 2 atom stereocenters. The summed E-state index contributed by atoms with van der Waals surface area (Å²) in [4.78, 5) is 31.0. The zero-order valence-electron chi connectivity index (χ0n) is 13.7. The second-order valence-corrected chi connectivity index (χ2v) is 7.43. The van der Waals surface area contributed by atoms with Crippen LogP contribution >= 0.6 is 11.3 Å². The summed E-state index contributed by atoms with van der Waals surface area (Å²) in [6, 6.07) is 4.56. The number of nitrogens with two attached hydrogens (primary N) is 2. The summed E-state index contributed by atoms with van der Waals surface area (Å²) in [6.45, 7) is 4.14. The largest absolute Gasteiger partial charge is 0.375 e. The van der Waals surface area contributed by atoms with Gasteiger partial charge in [-0.1, -0.05) is 11.3 Å². The zero-order valence-corrected chi connectivity index (χ0v) is 14.5. The fraction of sp³-hybridized carbons (Fsp3) is 0.438. The van der Waals surface area contributed by atoms with E-state index in [2.05, 4.69) is 10.3 Å². The number of hydrogen-bond acceptors (Lipinski definition) is 6. The van der Waals surface area contributed by atoms with Gasteiger partial charge in [0.2, 0.25) is 5.91 Å². The van der Waals surface area contributed by atoms with Gasteiger partial charge in [-0.15, -0.1) is 0 Å². The Balaban J connectivity index is 1.86. The number of nitrogens with zero attached hydrogens (tertiary/aromatic N) is 2. The van der Waals surface area contributed by atoms with Gasteiger partial charge >= 0.3 is 0 Å². The molecule has 0 saturated carbocycles. The first-order valence-electron chi connectivity index (χ1n) is 7.88. The van der Waals surface area contributed by atoms with Gasteiger partial charge in [-0.05, 0) is 38.5 Å². The van der Waals surface area contributed by atoms with Crippen molar-refractivity contribution in [3.05, 3.63) is 23.8 Å². The summed E-state index contributed by atoms with van der Waals surface area (Å²) in [6.07, 6.45) is 0.468. The minimum absolute atomic E-state index is 0.0145. The second-order valence-electron chi connectivity index (χ2n) is 6.37. The molecule has 2 heterocycles. The van der Waals surface area contributed by atoms with Crippen LogP contribution in [0.4, 0.5) is 5.13 Å². The number of fused-ring (bicyclic) bond motifs is 1.